The summed E-state index contributed by atoms with van der Waals surface area (Å²) < 4.78 is 10.4. The maximum absolute atomic E-state index is 13.3. The van der Waals surface area contributed by atoms with E-state index in [1.807, 2.05) is 16.9 Å². The fraction of sp³-hybridized carbons (Fsp3) is 0.350. The van der Waals surface area contributed by atoms with Crippen LogP contribution in [0.1, 0.15) is 22.4 Å². The molecule has 11 heteroatoms. The predicted molar refractivity (Wildman–Crippen MR) is 122 cm³/mol. The SMILES string of the molecule is Cc1csc(-c2c3c(=O)n(C)c(=O)n(C)c3c3n2C[C@@H](CO)S[C@H]3c2ccc(Cl)o2)n1. The first-order valence-electron chi connectivity index (χ1n) is 9.58. The fourth-order valence-corrected chi connectivity index (χ4v) is 6.50. The lowest BCUT2D eigenvalue weighted by Gasteiger charge is -2.30. The van der Waals surface area contributed by atoms with Crippen molar-refractivity contribution in [2.24, 2.45) is 14.1 Å². The number of thioether (sulfide) groups is 1. The second-order valence-electron chi connectivity index (χ2n) is 7.53. The zero-order chi connectivity index (χ0) is 22.0. The van der Waals surface area contributed by atoms with Crippen LogP contribution in [0.2, 0.25) is 5.22 Å². The zero-order valence-corrected chi connectivity index (χ0v) is 19.3. The molecule has 4 aromatic rings. The predicted octanol–water partition coefficient (Wildman–Crippen LogP) is 2.91. The molecule has 5 heterocycles. The van der Waals surface area contributed by atoms with Crippen LogP contribution in [0.25, 0.3) is 21.6 Å². The van der Waals surface area contributed by atoms with Crippen molar-refractivity contribution in [2.75, 3.05) is 6.61 Å². The molecule has 31 heavy (non-hydrogen) atoms. The van der Waals surface area contributed by atoms with Crippen molar-refractivity contribution in [3.8, 4) is 10.7 Å². The Hall–Kier alpha value is -2.27. The highest BCUT2D eigenvalue weighted by atomic mass is 35.5. The van der Waals surface area contributed by atoms with Gasteiger partial charge in [0, 0.05) is 37.0 Å². The third-order valence-electron chi connectivity index (χ3n) is 5.55. The molecule has 0 fully saturated rings. The number of aliphatic hydroxyl groups is 1. The first kappa shape index (κ1) is 20.6. The van der Waals surface area contributed by atoms with E-state index in [2.05, 4.69) is 4.98 Å². The normalized spacial score (nSPS) is 18.6. The van der Waals surface area contributed by atoms with Crippen molar-refractivity contribution in [3.63, 3.8) is 0 Å². The summed E-state index contributed by atoms with van der Waals surface area (Å²) >= 11 is 9.03. The van der Waals surface area contributed by atoms with E-state index in [4.69, 9.17) is 16.0 Å². The minimum absolute atomic E-state index is 0.0448. The molecular weight excluding hydrogens is 460 g/mol. The van der Waals surface area contributed by atoms with Gasteiger partial charge in [-0.1, -0.05) is 0 Å². The molecular formula is C20H19ClN4O4S2. The smallest absolute Gasteiger partial charge is 0.331 e. The molecule has 0 aliphatic carbocycles. The van der Waals surface area contributed by atoms with E-state index in [1.165, 1.54) is 34.7 Å². The molecule has 0 saturated carbocycles. The van der Waals surface area contributed by atoms with Crippen molar-refractivity contribution in [2.45, 2.75) is 24.0 Å². The lowest BCUT2D eigenvalue weighted by atomic mass is 10.2. The number of furan rings is 1. The minimum atomic E-state index is -0.404. The maximum Gasteiger partial charge on any atom is 0.331 e. The van der Waals surface area contributed by atoms with Gasteiger partial charge in [0.05, 0.1) is 28.9 Å². The molecule has 1 aliphatic rings. The highest BCUT2D eigenvalue weighted by Crippen LogP contribution is 2.49. The van der Waals surface area contributed by atoms with Gasteiger partial charge in [0.2, 0.25) is 0 Å². The van der Waals surface area contributed by atoms with Crippen LogP contribution < -0.4 is 11.2 Å². The van der Waals surface area contributed by atoms with Crippen molar-refractivity contribution >= 4 is 45.6 Å². The lowest BCUT2D eigenvalue weighted by Crippen LogP contribution is -2.37. The van der Waals surface area contributed by atoms with Crippen molar-refractivity contribution < 1.29 is 9.52 Å². The lowest BCUT2D eigenvalue weighted by molar-refractivity contribution is 0.283. The average molecular weight is 479 g/mol. The van der Waals surface area contributed by atoms with Crippen LogP contribution >= 0.6 is 34.7 Å². The van der Waals surface area contributed by atoms with Crippen LogP contribution in [0.3, 0.4) is 0 Å². The van der Waals surface area contributed by atoms with Gasteiger partial charge in [-0.3, -0.25) is 13.9 Å². The highest BCUT2D eigenvalue weighted by Gasteiger charge is 2.38. The first-order valence-corrected chi connectivity index (χ1v) is 11.8. The molecule has 0 saturated heterocycles. The number of nitrogens with zero attached hydrogens (tertiary/aromatic N) is 4. The molecule has 1 aliphatic heterocycles. The monoisotopic (exact) mass is 478 g/mol. The average Bonchev–Trinajstić information content (AvgIpc) is 3.46. The van der Waals surface area contributed by atoms with Crippen molar-refractivity contribution in [3.05, 3.63) is 60.7 Å². The van der Waals surface area contributed by atoms with Crippen LogP contribution in [0.4, 0.5) is 0 Å². The highest BCUT2D eigenvalue weighted by molar-refractivity contribution is 8.00. The van der Waals surface area contributed by atoms with E-state index in [1.54, 1.807) is 19.2 Å². The van der Waals surface area contributed by atoms with Crippen LogP contribution in [-0.2, 0) is 20.6 Å². The molecule has 8 nitrogen and oxygen atoms in total. The van der Waals surface area contributed by atoms with Gasteiger partial charge in [0.1, 0.15) is 16.0 Å². The largest absolute Gasteiger partial charge is 0.448 e. The summed E-state index contributed by atoms with van der Waals surface area (Å²) in [6, 6.07) is 3.45. The third kappa shape index (κ3) is 3.04. The van der Waals surface area contributed by atoms with E-state index in [0.717, 1.165) is 16.0 Å². The van der Waals surface area contributed by atoms with Crippen LogP contribution in [0.5, 0.6) is 0 Å². The van der Waals surface area contributed by atoms with E-state index in [9.17, 15) is 14.7 Å². The molecule has 162 valence electrons. The summed E-state index contributed by atoms with van der Waals surface area (Å²) in [5.74, 6) is 0.601. The van der Waals surface area contributed by atoms with Gasteiger partial charge in [-0.25, -0.2) is 9.78 Å². The second-order valence-corrected chi connectivity index (χ2v) is 10.2. The number of fused-ring (bicyclic) bond motifs is 3. The number of halogens is 1. The fourth-order valence-electron chi connectivity index (χ4n) is 4.16. The number of aliphatic hydroxyl groups excluding tert-OH is 1. The molecule has 0 amide bonds. The Kier molecular flexibility index (Phi) is 4.93. The van der Waals surface area contributed by atoms with Gasteiger partial charge in [-0.2, -0.15) is 0 Å². The Morgan fingerprint density at radius 1 is 1.29 bits per heavy atom. The van der Waals surface area contributed by atoms with Gasteiger partial charge in [0.15, 0.2) is 5.22 Å². The van der Waals surface area contributed by atoms with E-state index in [0.29, 0.717) is 33.9 Å². The minimum Gasteiger partial charge on any atom is -0.448 e. The Balaban J connectivity index is 1.96. The molecule has 0 spiro atoms. The molecule has 0 bridgehead atoms. The quantitative estimate of drug-likeness (QED) is 0.486. The number of aromatic nitrogens is 4. The van der Waals surface area contributed by atoms with Crippen molar-refractivity contribution in [1.29, 1.82) is 0 Å². The Bertz CT molecular complexity index is 1440. The molecule has 0 aromatic carbocycles. The molecule has 0 radical (unpaired) electrons. The van der Waals surface area contributed by atoms with Gasteiger partial charge in [0.25, 0.3) is 5.56 Å². The van der Waals surface area contributed by atoms with E-state index in [-0.39, 0.29) is 27.9 Å². The van der Waals surface area contributed by atoms with Crippen molar-refractivity contribution in [1.82, 2.24) is 18.7 Å². The Morgan fingerprint density at radius 2 is 2.06 bits per heavy atom. The van der Waals surface area contributed by atoms with Gasteiger partial charge >= 0.3 is 5.69 Å². The van der Waals surface area contributed by atoms with Gasteiger partial charge in [-0.05, 0) is 30.7 Å². The number of hydrogen-bond donors (Lipinski definition) is 1. The second kappa shape index (κ2) is 7.40. The molecule has 5 rings (SSSR count). The standard InChI is InChI=1S/C20H19ClN4O4S2/c1-9-8-30-18(22-9)15-13-14(23(2)20(28)24(3)19(13)27)16-17(11-4-5-12(21)29-11)31-10(7-26)6-25(15)16/h4-5,8,10,17,26H,6-7H2,1-3H3/t10-,17-/m0/s1. The number of aryl methyl sites for hydroxylation is 2. The number of thiazole rings is 1. The first-order chi connectivity index (χ1) is 14.8. The molecule has 2 atom stereocenters. The Labute approximate surface area is 189 Å². The van der Waals surface area contributed by atoms with Crippen LogP contribution in [-0.4, -0.2) is 35.6 Å². The van der Waals surface area contributed by atoms with E-state index >= 15 is 0 Å². The summed E-state index contributed by atoms with van der Waals surface area (Å²) in [6.07, 6.45) is 0. The number of hydrogen-bond acceptors (Lipinski definition) is 7. The topological polar surface area (TPSA) is 95.2 Å². The molecule has 0 unspecified atom stereocenters. The Morgan fingerprint density at radius 3 is 2.68 bits per heavy atom. The van der Waals surface area contributed by atoms with Crippen LogP contribution in [0.15, 0.2) is 31.5 Å². The zero-order valence-electron chi connectivity index (χ0n) is 17.0. The van der Waals surface area contributed by atoms with Gasteiger partial charge in [-0.15, -0.1) is 23.1 Å². The van der Waals surface area contributed by atoms with Gasteiger partial charge < -0.3 is 14.1 Å². The maximum atomic E-state index is 13.3. The third-order valence-corrected chi connectivity index (χ3v) is 8.13. The summed E-state index contributed by atoms with van der Waals surface area (Å²) in [7, 11) is 3.14. The number of rotatable bonds is 3. The summed E-state index contributed by atoms with van der Waals surface area (Å²) in [5.41, 5.74) is 2.07. The summed E-state index contributed by atoms with van der Waals surface area (Å²) in [6.45, 7) is 2.33. The summed E-state index contributed by atoms with van der Waals surface area (Å²) in [5, 5.41) is 12.8. The summed E-state index contributed by atoms with van der Waals surface area (Å²) in [4.78, 5) is 30.8. The molecule has 1 N–H and O–H groups in total. The van der Waals surface area contributed by atoms with E-state index < -0.39 is 5.69 Å². The van der Waals surface area contributed by atoms with Crippen LogP contribution in [0, 0.1) is 6.92 Å². The molecule has 4 aromatic heterocycles.